The number of methoxy groups -OCH3 is 1. The van der Waals surface area contributed by atoms with Gasteiger partial charge in [0.15, 0.2) is 0 Å². The van der Waals surface area contributed by atoms with E-state index in [9.17, 15) is 18.3 Å². The molecule has 3 nitrogen and oxygen atoms in total. The van der Waals surface area contributed by atoms with E-state index >= 15 is 0 Å². The van der Waals surface area contributed by atoms with E-state index in [-0.39, 0.29) is 12.1 Å². The van der Waals surface area contributed by atoms with Gasteiger partial charge in [0.2, 0.25) is 0 Å². The Morgan fingerprint density at radius 1 is 1.30 bits per heavy atom. The van der Waals surface area contributed by atoms with Gasteiger partial charge >= 0.3 is 6.18 Å². The number of aliphatic hydroxyl groups excluding tert-OH is 1. The SMILES string of the molecule is COc1ccc(C(N2CCC[C@H](O)C2)C(F)(F)F)cc1. The number of ether oxygens (including phenoxy) is 1. The lowest BCUT2D eigenvalue weighted by atomic mass is 10.00. The van der Waals surface area contributed by atoms with Gasteiger partial charge in [-0.25, -0.2) is 0 Å². The van der Waals surface area contributed by atoms with Crippen molar-refractivity contribution < 1.29 is 23.0 Å². The third-order valence-electron chi connectivity index (χ3n) is 3.53. The first-order valence-electron chi connectivity index (χ1n) is 6.54. The van der Waals surface area contributed by atoms with Crippen LogP contribution < -0.4 is 4.74 Å². The minimum atomic E-state index is -4.37. The van der Waals surface area contributed by atoms with Crippen molar-refractivity contribution in [3.05, 3.63) is 29.8 Å². The van der Waals surface area contributed by atoms with Crippen molar-refractivity contribution in [2.24, 2.45) is 0 Å². The third kappa shape index (κ3) is 3.43. The molecule has 1 heterocycles. The van der Waals surface area contributed by atoms with E-state index < -0.39 is 18.3 Å². The van der Waals surface area contributed by atoms with Gasteiger partial charge in [0.25, 0.3) is 0 Å². The van der Waals surface area contributed by atoms with Crippen LogP contribution in [0.25, 0.3) is 0 Å². The van der Waals surface area contributed by atoms with Crippen molar-refractivity contribution in [1.82, 2.24) is 4.90 Å². The van der Waals surface area contributed by atoms with Crippen molar-refractivity contribution in [2.75, 3.05) is 20.2 Å². The summed E-state index contributed by atoms with van der Waals surface area (Å²) in [4.78, 5) is 1.30. The van der Waals surface area contributed by atoms with Crippen LogP contribution in [0.3, 0.4) is 0 Å². The van der Waals surface area contributed by atoms with Crippen LogP contribution in [-0.4, -0.2) is 42.5 Å². The number of nitrogens with zero attached hydrogens (tertiary/aromatic N) is 1. The Kier molecular flexibility index (Phi) is 4.55. The summed E-state index contributed by atoms with van der Waals surface area (Å²) in [6, 6.07) is 4.22. The molecule has 1 aliphatic heterocycles. The smallest absolute Gasteiger partial charge is 0.408 e. The van der Waals surface area contributed by atoms with E-state index in [1.165, 1.54) is 36.3 Å². The highest BCUT2D eigenvalue weighted by molar-refractivity contribution is 5.30. The molecule has 0 aliphatic carbocycles. The van der Waals surface area contributed by atoms with Crippen LogP contribution in [-0.2, 0) is 0 Å². The largest absolute Gasteiger partial charge is 0.497 e. The number of β-amino-alcohol motifs (C(OH)–C–C–N with tert-alkyl or cyclic N) is 1. The molecule has 1 unspecified atom stereocenters. The van der Waals surface area contributed by atoms with Crippen LogP contribution in [0.4, 0.5) is 13.2 Å². The number of hydrogen-bond acceptors (Lipinski definition) is 3. The Morgan fingerprint density at radius 3 is 2.45 bits per heavy atom. The molecule has 0 aromatic heterocycles. The van der Waals surface area contributed by atoms with E-state index in [2.05, 4.69) is 0 Å². The first-order chi connectivity index (χ1) is 9.41. The number of benzene rings is 1. The van der Waals surface area contributed by atoms with Crippen LogP contribution in [0.15, 0.2) is 24.3 Å². The fourth-order valence-corrected chi connectivity index (χ4v) is 2.61. The Hall–Kier alpha value is -1.27. The summed E-state index contributed by atoms with van der Waals surface area (Å²) in [6.45, 7) is 0.392. The number of hydrogen-bond donors (Lipinski definition) is 1. The van der Waals surface area contributed by atoms with Gasteiger partial charge in [-0.1, -0.05) is 12.1 Å². The van der Waals surface area contributed by atoms with Gasteiger partial charge in [-0.2, -0.15) is 13.2 Å². The summed E-state index contributed by atoms with van der Waals surface area (Å²) in [5, 5.41) is 9.59. The van der Waals surface area contributed by atoms with E-state index in [0.29, 0.717) is 25.1 Å². The molecule has 1 N–H and O–H groups in total. The van der Waals surface area contributed by atoms with Gasteiger partial charge in [0.1, 0.15) is 11.8 Å². The molecule has 0 amide bonds. The highest BCUT2D eigenvalue weighted by Gasteiger charge is 2.45. The molecule has 1 aromatic rings. The van der Waals surface area contributed by atoms with Crippen molar-refractivity contribution in [3.8, 4) is 5.75 Å². The summed E-state index contributed by atoms with van der Waals surface area (Å²) < 4.78 is 45.0. The van der Waals surface area contributed by atoms with Crippen LogP contribution in [0.2, 0.25) is 0 Å². The second kappa shape index (κ2) is 6.01. The van der Waals surface area contributed by atoms with Gasteiger partial charge in [0.05, 0.1) is 13.2 Å². The van der Waals surface area contributed by atoms with E-state index in [1.807, 2.05) is 0 Å². The molecule has 2 rings (SSSR count). The van der Waals surface area contributed by atoms with Crippen LogP contribution >= 0.6 is 0 Å². The lowest BCUT2D eigenvalue weighted by Crippen LogP contribution is -2.45. The van der Waals surface area contributed by atoms with Crippen molar-refractivity contribution in [3.63, 3.8) is 0 Å². The predicted octanol–water partition coefficient (Wildman–Crippen LogP) is 2.76. The van der Waals surface area contributed by atoms with Crippen molar-refractivity contribution in [2.45, 2.75) is 31.2 Å². The van der Waals surface area contributed by atoms with Crippen LogP contribution in [0.1, 0.15) is 24.4 Å². The van der Waals surface area contributed by atoms with Crippen molar-refractivity contribution >= 4 is 0 Å². The lowest BCUT2D eigenvalue weighted by Gasteiger charge is -2.37. The van der Waals surface area contributed by atoms with Crippen molar-refractivity contribution in [1.29, 1.82) is 0 Å². The molecule has 6 heteroatoms. The molecule has 112 valence electrons. The molecule has 1 fully saturated rings. The maximum Gasteiger partial charge on any atom is 0.408 e. The normalized spacial score (nSPS) is 22.6. The average molecular weight is 289 g/mol. The molecule has 1 aliphatic rings. The number of rotatable bonds is 3. The molecule has 0 radical (unpaired) electrons. The molecule has 1 saturated heterocycles. The Labute approximate surface area is 116 Å². The van der Waals surface area contributed by atoms with Gasteiger partial charge in [-0.05, 0) is 37.1 Å². The summed E-state index contributed by atoms with van der Waals surface area (Å²) in [5.74, 6) is 0.522. The molecule has 20 heavy (non-hydrogen) atoms. The summed E-state index contributed by atoms with van der Waals surface area (Å²) in [5.41, 5.74) is 0.174. The Bertz CT molecular complexity index is 433. The van der Waals surface area contributed by atoms with E-state index in [1.54, 1.807) is 0 Å². The minimum Gasteiger partial charge on any atom is -0.497 e. The zero-order valence-electron chi connectivity index (χ0n) is 11.2. The molecular weight excluding hydrogens is 271 g/mol. The molecule has 0 bridgehead atoms. The van der Waals surface area contributed by atoms with Crippen LogP contribution in [0.5, 0.6) is 5.75 Å². The fourth-order valence-electron chi connectivity index (χ4n) is 2.61. The average Bonchev–Trinajstić information content (AvgIpc) is 2.38. The predicted molar refractivity (Wildman–Crippen MR) is 68.6 cm³/mol. The zero-order chi connectivity index (χ0) is 14.8. The second-order valence-electron chi connectivity index (χ2n) is 5.01. The number of likely N-dealkylation sites (tertiary alicyclic amines) is 1. The molecule has 0 saturated carbocycles. The summed E-state index contributed by atoms with van der Waals surface area (Å²) in [6.07, 6.45) is -3.92. The monoisotopic (exact) mass is 289 g/mol. The highest BCUT2D eigenvalue weighted by atomic mass is 19.4. The number of aliphatic hydroxyl groups is 1. The minimum absolute atomic E-state index is 0.0518. The molecule has 0 spiro atoms. The molecule has 1 aromatic carbocycles. The van der Waals surface area contributed by atoms with E-state index in [0.717, 1.165) is 0 Å². The maximum absolute atomic E-state index is 13.3. The first kappa shape index (κ1) is 15.1. The fraction of sp³-hybridized carbons (Fsp3) is 0.571. The standard InChI is InChI=1S/C14H18F3NO2/c1-20-12-6-4-10(5-7-12)13(14(15,16)17)18-8-2-3-11(19)9-18/h4-7,11,13,19H,2-3,8-9H2,1H3/t11-,13?/m0/s1. The van der Waals surface area contributed by atoms with Crippen LogP contribution in [0, 0.1) is 0 Å². The Balaban J connectivity index is 2.27. The van der Waals surface area contributed by atoms with Gasteiger partial charge < -0.3 is 9.84 Å². The maximum atomic E-state index is 13.3. The lowest BCUT2D eigenvalue weighted by molar-refractivity contribution is -0.192. The summed E-state index contributed by atoms with van der Waals surface area (Å²) >= 11 is 0. The third-order valence-corrected chi connectivity index (χ3v) is 3.53. The topological polar surface area (TPSA) is 32.7 Å². The molecule has 2 atom stereocenters. The zero-order valence-corrected chi connectivity index (χ0v) is 11.2. The van der Waals surface area contributed by atoms with Gasteiger partial charge in [-0.3, -0.25) is 4.90 Å². The Morgan fingerprint density at radius 2 is 1.95 bits per heavy atom. The number of piperidine rings is 1. The second-order valence-corrected chi connectivity index (χ2v) is 5.01. The van der Waals surface area contributed by atoms with Gasteiger partial charge in [-0.15, -0.1) is 0 Å². The van der Waals surface area contributed by atoms with E-state index in [4.69, 9.17) is 4.74 Å². The molecular formula is C14H18F3NO2. The number of alkyl halides is 3. The summed E-state index contributed by atoms with van der Waals surface area (Å²) in [7, 11) is 1.47. The first-order valence-corrected chi connectivity index (χ1v) is 6.54. The van der Waals surface area contributed by atoms with Gasteiger partial charge in [0, 0.05) is 6.54 Å². The quantitative estimate of drug-likeness (QED) is 0.928. The highest BCUT2D eigenvalue weighted by Crippen LogP contribution is 2.39. The number of halogens is 3.